The number of anilines is 1. The summed E-state index contributed by atoms with van der Waals surface area (Å²) >= 11 is 0. The number of alkyl halides is 4. The maximum absolute atomic E-state index is 15.7. The average molecular weight is 663 g/mol. The van der Waals surface area contributed by atoms with Crippen LogP contribution in [0.3, 0.4) is 0 Å². The van der Waals surface area contributed by atoms with Crippen molar-refractivity contribution in [1.82, 2.24) is 34.7 Å². The second kappa shape index (κ2) is 12.6. The zero-order valence-electron chi connectivity index (χ0n) is 27.7. The molecule has 5 rings (SSSR count). The van der Waals surface area contributed by atoms with Crippen molar-refractivity contribution in [3.63, 3.8) is 0 Å². The normalized spacial score (nSPS) is 19.8. The van der Waals surface area contributed by atoms with Gasteiger partial charge in [0.2, 0.25) is 11.7 Å². The van der Waals surface area contributed by atoms with Crippen molar-refractivity contribution in [3.05, 3.63) is 48.1 Å². The molecule has 1 aliphatic heterocycles. The number of aromatic nitrogens is 5. The number of benzene rings is 1. The number of fused-ring (bicyclic) bond motifs is 1. The van der Waals surface area contributed by atoms with Crippen LogP contribution in [0, 0.1) is 0 Å². The molecule has 11 nitrogen and oxygen atoms in total. The Bertz CT molecular complexity index is 1720. The second-order valence-electron chi connectivity index (χ2n) is 14.0. The van der Waals surface area contributed by atoms with Crippen LogP contribution >= 0.6 is 0 Å². The first-order chi connectivity index (χ1) is 21.9. The lowest BCUT2D eigenvalue weighted by molar-refractivity contribution is -0.139. The van der Waals surface area contributed by atoms with E-state index in [2.05, 4.69) is 30.8 Å². The van der Waals surface area contributed by atoms with E-state index < -0.39 is 35.9 Å². The first kappa shape index (κ1) is 34.4. The lowest BCUT2D eigenvalue weighted by Gasteiger charge is -2.47. The standard InChI is InChI=1S/C32H42F4N8O3/c1-29(2,3)42-12-11-31(6,25(33)17-42)40-22-9-8-10-23-21(22)13-24(43(23)18-32(34,35)36)27-39-26(47-41-27)15-37-28(45)20-14-38-44(16-20)30(4,5)19-46-7/h8-10,13-14,16,25,40H,11-12,15,17-19H2,1-7H3,(H,37,45)/t25-,31-/m1/s1. The molecule has 1 aromatic carbocycles. The van der Waals surface area contributed by atoms with Gasteiger partial charge in [0, 0.05) is 43.0 Å². The summed E-state index contributed by atoms with van der Waals surface area (Å²) in [5.74, 6) is -0.525. The quantitative estimate of drug-likeness (QED) is 0.206. The first-order valence-electron chi connectivity index (χ1n) is 15.4. The molecule has 2 N–H and O–H groups in total. The van der Waals surface area contributed by atoms with Crippen LogP contribution < -0.4 is 10.6 Å². The van der Waals surface area contributed by atoms with Gasteiger partial charge in [-0.1, -0.05) is 11.2 Å². The maximum atomic E-state index is 15.7. The number of methoxy groups -OCH3 is 1. The summed E-state index contributed by atoms with van der Waals surface area (Å²) in [6.07, 6.45) is -2.25. The Labute approximate surface area is 270 Å². The molecule has 0 saturated carbocycles. The van der Waals surface area contributed by atoms with Gasteiger partial charge in [0.25, 0.3) is 5.91 Å². The van der Waals surface area contributed by atoms with E-state index >= 15 is 4.39 Å². The van der Waals surface area contributed by atoms with Crippen molar-refractivity contribution < 1.29 is 31.6 Å². The predicted octanol–water partition coefficient (Wildman–Crippen LogP) is 5.77. The van der Waals surface area contributed by atoms with Gasteiger partial charge in [-0.05, 0) is 66.2 Å². The van der Waals surface area contributed by atoms with E-state index in [1.807, 2.05) is 34.6 Å². The molecule has 2 atom stereocenters. The number of nitrogens with zero attached hydrogens (tertiary/aromatic N) is 6. The van der Waals surface area contributed by atoms with E-state index in [0.29, 0.717) is 36.2 Å². The number of amides is 1. The van der Waals surface area contributed by atoms with Crippen LogP contribution in [-0.2, 0) is 23.4 Å². The molecule has 256 valence electrons. The van der Waals surface area contributed by atoms with Gasteiger partial charge in [0.15, 0.2) is 0 Å². The molecule has 15 heteroatoms. The smallest absolute Gasteiger partial charge is 0.382 e. The number of piperidine rings is 1. The molecule has 0 unspecified atom stereocenters. The third-order valence-corrected chi connectivity index (χ3v) is 8.69. The van der Waals surface area contributed by atoms with Crippen LogP contribution in [0.5, 0.6) is 0 Å². The van der Waals surface area contributed by atoms with E-state index in [4.69, 9.17) is 9.26 Å². The Hall–Kier alpha value is -3.98. The Balaban J connectivity index is 1.39. The fraction of sp³-hybridized carbons (Fsp3) is 0.562. The summed E-state index contributed by atoms with van der Waals surface area (Å²) < 4.78 is 70.4. The van der Waals surface area contributed by atoms with Crippen LogP contribution in [-0.4, -0.2) is 85.5 Å². The van der Waals surface area contributed by atoms with Gasteiger partial charge >= 0.3 is 6.18 Å². The topological polar surface area (TPSA) is 115 Å². The van der Waals surface area contributed by atoms with Crippen molar-refractivity contribution in [2.24, 2.45) is 0 Å². The number of rotatable bonds is 10. The molecule has 0 bridgehead atoms. The molecular weight excluding hydrogens is 620 g/mol. The lowest BCUT2D eigenvalue weighted by Crippen LogP contribution is -2.59. The maximum Gasteiger partial charge on any atom is 0.406 e. The Morgan fingerprint density at radius 1 is 1.19 bits per heavy atom. The average Bonchev–Trinajstić information content (AvgIpc) is 3.72. The number of halogens is 4. The van der Waals surface area contributed by atoms with Gasteiger partial charge in [-0.25, -0.2) is 4.39 Å². The third kappa shape index (κ3) is 7.45. The van der Waals surface area contributed by atoms with E-state index in [1.54, 1.807) is 49.2 Å². The highest BCUT2D eigenvalue weighted by Crippen LogP contribution is 2.38. The van der Waals surface area contributed by atoms with Crippen LogP contribution in [0.25, 0.3) is 22.4 Å². The number of hydrogen-bond acceptors (Lipinski definition) is 8. The minimum absolute atomic E-state index is 0.000934. The Morgan fingerprint density at radius 2 is 1.94 bits per heavy atom. The molecule has 1 fully saturated rings. The zero-order valence-corrected chi connectivity index (χ0v) is 27.7. The highest BCUT2D eigenvalue weighted by molar-refractivity contribution is 5.96. The molecule has 1 saturated heterocycles. The zero-order chi connectivity index (χ0) is 34.4. The van der Waals surface area contributed by atoms with Gasteiger partial charge < -0.3 is 24.5 Å². The molecule has 0 spiro atoms. The van der Waals surface area contributed by atoms with E-state index in [9.17, 15) is 18.0 Å². The molecular formula is C32H42F4N8O3. The first-order valence-corrected chi connectivity index (χ1v) is 15.4. The number of nitrogens with one attached hydrogen (secondary N) is 2. The fourth-order valence-electron chi connectivity index (χ4n) is 5.88. The number of carbonyl (C=O) groups excluding carboxylic acids is 1. The highest BCUT2D eigenvalue weighted by Gasteiger charge is 2.42. The number of likely N-dealkylation sites (tertiary alicyclic amines) is 1. The third-order valence-electron chi connectivity index (χ3n) is 8.69. The minimum atomic E-state index is -4.55. The summed E-state index contributed by atoms with van der Waals surface area (Å²) in [6, 6.07) is 6.49. The SMILES string of the molecule is COCC(C)(C)n1cc(C(=O)NCc2nc(-c3cc4c(N[C@]5(C)CCN(C(C)(C)C)C[C@H]5F)cccc4n3CC(F)(F)F)no2)cn1. The van der Waals surface area contributed by atoms with Gasteiger partial charge in [-0.3, -0.25) is 14.4 Å². The molecule has 0 aliphatic carbocycles. The van der Waals surface area contributed by atoms with Crippen LogP contribution in [0.2, 0.25) is 0 Å². The van der Waals surface area contributed by atoms with Crippen molar-refractivity contribution in [3.8, 4) is 11.5 Å². The van der Waals surface area contributed by atoms with Gasteiger partial charge in [-0.15, -0.1) is 0 Å². The van der Waals surface area contributed by atoms with E-state index in [-0.39, 0.29) is 41.6 Å². The van der Waals surface area contributed by atoms with Gasteiger partial charge in [-0.2, -0.15) is 23.3 Å². The van der Waals surface area contributed by atoms with Crippen molar-refractivity contribution in [2.75, 3.05) is 32.1 Å². The van der Waals surface area contributed by atoms with E-state index in [1.165, 1.54) is 6.20 Å². The van der Waals surface area contributed by atoms with Crippen LogP contribution in [0.15, 0.2) is 41.2 Å². The summed E-state index contributed by atoms with van der Waals surface area (Å²) in [5.41, 5.74) is -0.451. The Kier molecular flexibility index (Phi) is 9.18. The Morgan fingerprint density at radius 3 is 2.60 bits per heavy atom. The summed E-state index contributed by atoms with van der Waals surface area (Å²) in [7, 11) is 1.58. The monoisotopic (exact) mass is 662 g/mol. The molecule has 1 amide bonds. The number of hydrogen-bond donors (Lipinski definition) is 2. The number of ether oxygens (including phenoxy) is 1. The van der Waals surface area contributed by atoms with Crippen molar-refractivity contribution >= 4 is 22.5 Å². The molecule has 4 heterocycles. The van der Waals surface area contributed by atoms with E-state index in [0.717, 1.165) is 4.57 Å². The molecule has 47 heavy (non-hydrogen) atoms. The van der Waals surface area contributed by atoms with Gasteiger partial charge in [0.1, 0.15) is 12.7 Å². The molecule has 4 aromatic rings. The molecule has 1 aliphatic rings. The van der Waals surface area contributed by atoms with Gasteiger partial charge in [0.05, 0.1) is 47.2 Å². The largest absolute Gasteiger partial charge is 0.406 e. The van der Waals surface area contributed by atoms with Crippen molar-refractivity contribution in [2.45, 2.75) is 90.0 Å². The number of carbonyl (C=O) groups is 1. The summed E-state index contributed by atoms with van der Waals surface area (Å²) in [4.78, 5) is 19.2. The summed E-state index contributed by atoms with van der Waals surface area (Å²) in [5, 5.41) is 14.7. The van der Waals surface area contributed by atoms with Crippen molar-refractivity contribution in [1.29, 1.82) is 0 Å². The molecule has 0 radical (unpaired) electrons. The second-order valence-corrected chi connectivity index (χ2v) is 14.0. The van der Waals surface area contributed by atoms with Crippen LogP contribution in [0.4, 0.5) is 23.2 Å². The highest BCUT2D eigenvalue weighted by atomic mass is 19.4. The lowest BCUT2D eigenvalue weighted by atomic mass is 9.85. The van der Waals surface area contributed by atoms with Crippen LogP contribution in [0.1, 0.15) is 64.2 Å². The fourth-order valence-corrected chi connectivity index (χ4v) is 5.88. The predicted molar refractivity (Wildman–Crippen MR) is 169 cm³/mol. The summed E-state index contributed by atoms with van der Waals surface area (Å²) in [6.45, 7) is 11.6. The molecule has 3 aromatic heterocycles. The minimum Gasteiger partial charge on any atom is -0.382 e.